The molecule has 2 atom stereocenters. The van der Waals surface area contributed by atoms with Crippen LogP contribution in [0.3, 0.4) is 0 Å². The number of benzene rings is 1. The van der Waals surface area contributed by atoms with Crippen molar-refractivity contribution in [3.8, 4) is 0 Å². The van der Waals surface area contributed by atoms with Crippen molar-refractivity contribution < 1.29 is 9.90 Å². The largest absolute Gasteiger partial charge is 0.389 e. The average Bonchev–Trinajstić information content (AvgIpc) is 3.03. The van der Waals surface area contributed by atoms with Crippen molar-refractivity contribution in [3.05, 3.63) is 48.0 Å². The fraction of sp³-hybridized carbons (Fsp3) is 0.500. The van der Waals surface area contributed by atoms with Crippen LogP contribution in [-0.2, 0) is 11.2 Å². The number of thioether (sulfide) groups is 1. The Bertz CT molecular complexity index is 636. The van der Waals surface area contributed by atoms with Gasteiger partial charge in [0.15, 0.2) is 5.17 Å². The van der Waals surface area contributed by atoms with Crippen molar-refractivity contribution in [3.63, 3.8) is 0 Å². The zero-order valence-corrected chi connectivity index (χ0v) is 16.7. The number of hydrogen-bond donors (Lipinski definition) is 3. The number of nitrogens with one attached hydrogen (secondary N) is 1. The van der Waals surface area contributed by atoms with E-state index in [1.807, 2.05) is 47.4 Å². The Labute approximate surface area is 165 Å². The molecule has 1 heterocycles. The Morgan fingerprint density at radius 1 is 1.44 bits per heavy atom. The van der Waals surface area contributed by atoms with Gasteiger partial charge in [0, 0.05) is 32.2 Å². The number of nitrogens with zero attached hydrogens (tertiary/aromatic N) is 2. The summed E-state index contributed by atoms with van der Waals surface area (Å²) in [5.41, 5.74) is 3.66. The molecule has 1 saturated heterocycles. The molecule has 2 rings (SSSR count). The molecule has 7 heteroatoms. The molecule has 6 nitrogen and oxygen atoms in total. The van der Waals surface area contributed by atoms with Gasteiger partial charge in [-0.2, -0.15) is 0 Å². The van der Waals surface area contributed by atoms with E-state index in [0.29, 0.717) is 12.8 Å². The lowest BCUT2D eigenvalue weighted by Gasteiger charge is -2.22. The third-order valence-corrected chi connectivity index (χ3v) is 5.64. The molecule has 1 aliphatic heterocycles. The first-order valence-electron chi connectivity index (χ1n) is 9.40. The Morgan fingerprint density at radius 3 is 2.93 bits per heavy atom. The second kappa shape index (κ2) is 11.8. The third kappa shape index (κ3) is 7.36. The van der Waals surface area contributed by atoms with Crippen molar-refractivity contribution in [1.82, 2.24) is 10.3 Å². The lowest BCUT2D eigenvalue weighted by Crippen LogP contribution is -2.33. The Hall–Kier alpha value is -1.83. The predicted octanol–water partition coefficient (Wildman–Crippen LogP) is 2.10. The lowest BCUT2D eigenvalue weighted by molar-refractivity contribution is -0.128. The molecule has 0 bridgehead atoms. The van der Waals surface area contributed by atoms with Crippen molar-refractivity contribution in [2.24, 2.45) is 10.8 Å². The molecule has 0 aromatic heterocycles. The van der Waals surface area contributed by atoms with Gasteiger partial charge in [-0.25, -0.2) is 5.84 Å². The highest BCUT2D eigenvalue weighted by Crippen LogP contribution is 2.21. The van der Waals surface area contributed by atoms with Gasteiger partial charge in [0.2, 0.25) is 5.91 Å². The van der Waals surface area contributed by atoms with Gasteiger partial charge < -0.3 is 15.4 Å². The van der Waals surface area contributed by atoms with Crippen LogP contribution in [0.4, 0.5) is 0 Å². The standard InChI is InChI=1S/C20H30N4O2S/c1-22-20(23-21)27-14-6-5-13-24-17(10-12-19(24)26)9-11-18(25)15-16-7-3-2-4-8-16/h2-4,7-9,11,17-18,25H,5-6,10,12-15,21H2,1H3,(H,22,23)/b11-9+/t17-,18?/m0/s1. The molecule has 27 heavy (non-hydrogen) atoms. The summed E-state index contributed by atoms with van der Waals surface area (Å²) < 4.78 is 0. The molecule has 1 fully saturated rings. The number of rotatable bonds is 9. The fourth-order valence-electron chi connectivity index (χ4n) is 3.15. The molecule has 1 unspecified atom stereocenters. The Kier molecular flexibility index (Phi) is 9.38. The highest BCUT2D eigenvalue weighted by Gasteiger charge is 2.28. The minimum absolute atomic E-state index is 0.0917. The second-order valence-corrected chi connectivity index (χ2v) is 7.65. The van der Waals surface area contributed by atoms with E-state index >= 15 is 0 Å². The highest BCUT2D eigenvalue weighted by molar-refractivity contribution is 8.13. The van der Waals surface area contributed by atoms with Gasteiger partial charge in [-0.15, -0.1) is 0 Å². The zero-order valence-electron chi connectivity index (χ0n) is 15.9. The Balaban J connectivity index is 1.76. The minimum atomic E-state index is -0.531. The molecular formula is C20H30N4O2S. The van der Waals surface area contributed by atoms with Crippen LogP contribution in [0.2, 0.25) is 0 Å². The highest BCUT2D eigenvalue weighted by atomic mass is 32.2. The van der Waals surface area contributed by atoms with E-state index in [4.69, 9.17) is 5.84 Å². The van der Waals surface area contributed by atoms with Gasteiger partial charge in [0.1, 0.15) is 0 Å². The quantitative estimate of drug-likeness (QED) is 0.150. The minimum Gasteiger partial charge on any atom is -0.389 e. The van der Waals surface area contributed by atoms with Gasteiger partial charge >= 0.3 is 0 Å². The number of aliphatic hydroxyl groups is 1. The van der Waals surface area contributed by atoms with Crippen LogP contribution in [0.1, 0.15) is 31.2 Å². The van der Waals surface area contributed by atoms with Crippen molar-refractivity contribution >= 4 is 22.8 Å². The first-order valence-corrected chi connectivity index (χ1v) is 10.4. The second-order valence-electron chi connectivity index (χ2n) is 6.56. The molecule has 0 radical (unpaired) electrons. The van der Waals surface area contributed by atoms with Crippen molar-refractivity contribution in [2.45, 2.75) is 44.2 Å². The molecule has 0 saturated carbocycles. The van der Waals surface area contributed by atoms with E-state index < -0.39 is 6.10 Å². The maximum absolute atomic E-state index is 12.2. The molecule has 1 aromatic carbocycles. The number of unbranched alkanes of at least 4 members (excludes halogenated alkanes) is 1. The van der Waals surface area contributed by atoms with Crippen LogP contribution < -0.4 is 11.3 Å². The first-order chi connectivity index (χ1) is 13.1. The summed E-state index contributed by atoms with van der Waals surface area (Å²) in [6.07, 6.45) is 7.22. The number of likely N-dealkylation sites (tertiary alicyclic amines) is 1. The van der Waals surface area contributed by atoms with Crippen molar-refractivity contribution in [1.29, 1.82) is 0 Å². The Morgan fingerprint density at radius 2 is 2.22 bits per heavy atom. The first kappa shape index (κ1) is 21.5. The lowest BCUT2D eigenvalue weighted by atomic mass is 10.1. The van der Waals surface area contributed by atoms with Crippen LogP contribution >= 0.6 is 11.8 Å². The van der Waals surface area contributed by atoms with Crippen LogP contribution in [0, 0.1) is 0 Å². The molecule has 0 spiro atoms. The number of amidine groups is 1. The van der Waals surface area contributed by atoms with Crippen LogP contribution in [0.5, 0.6) is 0 Å². The number of carbonyl (C=O) groups excluding carboxylic acids is 1. The van der Waals surface area contributed by atoms with Crippen LogP contribution in [-0.4, -0.2) is 52.6 Å². The molecular weight excluding hydrogens is 360 g/mol. The summed E-state index contributed by atoms with van der Waals surface area (Å²) in [4.78, 5) is 18.1. The zero-order chi connectivity index (χ0) is 19.5. The summed E-state index contributed by atoms with van der Waals surface area (Å²) >= 11 is 1.58. The summed E-state index contributed by atoms with van der Waals surface area (Å²) in [5.74, 6) is 6.47. The predicted molar refractivity (Wildman–Crippen MR) is 112 cm³/mol. The third-order valence-electron chi connectivity index (χ3n) is 4.58. The number of hydrazine groups is 1. The van der Waals surface area contributed by atoms with E-state index in [1.54, 1.807) is 18.8 Å². The summed E-state index contributed by atoms with van der Waals surface area (Å²) in [6.45, 7) is 0.748. The van der Waals surface area contributed by atoms with Crippen LogP contribution in [0.15, 0.2) is 47.5 Å². The average molecular weight is 391 g/mol. The fourth-order valence-corrected chi connectivity index (χ4v) is 3.90. The van der Waals surface area contributed by atoms with E-state index in [1.165, 1.54) is 0 Å². The topological polar surface area (TPSA) is 91.0 Å². The maximum Gasteiger partial charge on any atom is 0.223 e. The van der Waals surface area contributed by atoms with Crippen molar-refractivity contribution in [2.75, 3.05) is 19.3 Å². The number of aliphatic hydroxyl groups excluding tert-OH is 1. The smallest absolute Gasteiger partial charge is 0.223 e. The SMILES string of the molecule is CN=C(NN)SCCCCN1C(=O)CC[C@@H]1/C=C/C(O)Cc1ccccc1. The maximum atomic E-state index is 12.2. The van der Waals surface area contributed by atoms with E-state index in [0.717, 1.165) is 42.3 Å². The molecule has 148 valence electrons. The molecule has 4 N–H and O–H groups in total. The molecule has 0 aliphatic carbocycles. The van der Waals surface area contributed by atoms with E-state index in [9.17, 15) is 9.90 Å². The van der Waals surface area contributed by atoms with Crippen LogP contribution in [0.25, 0.3) is 0 Å². The van der Waals surface area contributed by atoms with Gasteiger partial charge in [-0.1, -0.05) is 54.2 Å². The molecule has 1 aliphatic rings. The number of carbonyl (C=O) groups is 1. The van der Waals surface area contributed by atoms with Gasteiger partial charge in [-0.3, -0.25) is 9.79 Å². The molecule has 1 aromatic rings. The number of amides is 1. The normalized spacial score (nSPS) is 19.1. The summed E-state index contributed by atoms with van der Waals surface area (Å²) in [6, 6.07) is 10.0. The summed E-state index contributed by atoms with van der Waals surface area (Å²) in [5, 5.41) is 11.0. The monoisotopic (exact) mass is 390 g/mol. The van der Waals surface area contributed by atoms with Gasteiger partial charge in [0.25, 0.3) is 0 Å². The number of nitrogens with two attached hydrogens (primary N) is 1. The summed E-state index contributed by atoms with van der Waals surface area (Å²) in [7, 11) is 1.70. The van der Waals surface area contributed by atoms with Gasteiger partial charge in [-0.05, 0) is 24.8 Å². The number of hydrogen-bond acceptors (Lipinski definition) is 5. The number of aliphatic imine (C=N–C) groups is 1. The molecule has 1 amide bonds. The van der Waals surface area contributed by atoms with E-state index in [-0.39, 0.29) is 11.9 Å². The van der Waals surface area contributed by atoms with E-state index in [2.05, 4.69) is 10.4 Å². The van der Waals surface area contributed by atoms with Gasteiger partial charge in [0.05, 0.1) is 12.1 Å².